The van der Waals surface area contributed by atoms with Crippen LogP contribution in [0.1, 0.15) is 31.2 Å². The first kappa shape index (κ1) is 12.6. The highest BCUT2D eigenvalue weighted by molar-refractivity contribution is 5.14. The van der Waals surface area contributed by atoms with Crippen molar-refractivity contribution in [3.8, 4) is 0 Å². The van der Waals surface area contributed by atoms with Crippen LogP contribution in [0, 0.1) is 5.92 Å². The summed E-state index contributed by atoms with van der Waals surface area (Å²) in [6.45, 7) is 1.80. The lowest BCUT2D eigenvalue weighted by Crippen LogP contribution is -2.28. The molecule has 2 nitrogen and oxygen atoms in total. The van der Waals surface area contributed by atoms with Crippen LogP contribution in [0.4, 0.5) is 0 Å². The van der Waals surface area contributed by atoms with E-state index in [0.29, 0.717) is 5.92 Å². The first-order chi connectivity index (χ1) is 8.36. The molecule has 2 N–H and O–H groups in total. The summed E-state index contributed by atoms with van der Waals surface area (Å²) in [6, 6.07) is 10.6. The molecule has 0 bridgehead atoms. The average molecular weight is 233 g/mol. The molecule has 1 fully saturated rings. The summed E-state index contributed by atoms with van der Waals surface area (Å²) in [7, 11) is 0. The monoisotopic (exact) mass is 233 g/mol. The fourth-order valence-corrected chi connectivity index (χ4v) is 2.12. The lowest BCUT2D eigenvalue weighted by atomic mass is 10.1. The van der Waals surface area contributed by atoms with Gasteiger partial charge >= 0.3 is 0 Å². The summed E-state index contributed by atoms with van der Waals surface area (Å²) in [6.07, 6.45) is 5.90. The van der Waals surface area contributed by atoms with Crippen LogP contribution in [0.15, 0.2) is 30.3 Å². The summed E-state index contributed by atoms with van der Waals surface area (Å²) < 4.78 is 0. The zero-order valence-electron chi connectivity index (χ0n) is 10.4. The second-order valence-electron chi connectivity index (χ2n) is 5.05. The molecular formula is C15H23NO. The highest BCUT2D eigenvalue weighted by Gasteiger charge is 2.28. The van der Waals surface area contributed by atoms with Gasteiger partial charge < -0.3 is 10.4 Å². The van der Waals surface area contributed by atoms with Gasteiger partial charge in [-0.1, -0.05) is 30.3 Å². The number of aryl methyl sites for hydroxylation is 1. The van der Waals surface area contributed by atoms with Gasteiger partial charge in [0.25, 0.3) is 0 Å². The SMILES string of the molecule is OC(CNCCCCc1ccccc1)C1CC1. The molecule has 1 aromatic carbocycles. The highest BCUT2D eigenvalue weighted by atomic mass is 16.3. The van der Waals surface area contributed by atoms with Crippen molar-refractivity contribution < 1.29 is 5.11 Å². The predicted octanol–water partition coefficient (Wildman–Crippen LogP) is 2.37. The number of hydrogen-bond acceptors (Lipinski definition) is 2. The molecule has 0 saturated heterocycles. The number of unbranched alkanes of at least 4 members (excludes halogenated alkanes) is 1. The summed E-state index contributed by atoms with van der Waals surface area (Å²) in [5, 5.41) is 13.0. The Bertz CT molecular complexity index is 308. The van der Waals surface area contributed by atoms with Crippen LogP contribution in [0.25, 0.3) is 0 Å². The fourth-order valence-electron chi connectivity index (χ4n) is 2.12. The highest BCUT2D eigenvalue weighted by Crippen LogP contribution is 2.32. The van der Waals surface area contributed by atoms with Gasteiger partial charge in [-0.25, -0.2) is 0 Å². The molecule has 0 heterocycles. The smallest absolute Gasteiger partial charge is 0.0692 e. The van der Waals surface area contributed by atoms with Crippen LogP contribution in [0.3, 0.4) is 0 Å². The maximum absolute atomic E-state index is 9.66. The lowest BCUT2D eigenvalue weighted by Gasteiger charge is -2.10. The van der Waals surface area contributed by atoms with Crippen LogP contribution >= 0.6 is 0 Å². The minimum atomic E-state index is -0.107. The Morgan fingerprint density at radius 1 is 1.18 bits per heavy atom. The molecular weight excluding hydrogens is 210 g/mol. The van der Waals surface area contributed by atoms with Gasteiger partial charge in [-0.2, -0.15) is 0 Å². The second-order valence-corrected chi connectivity index (χ2v) is 5.05. The van der Waals surface area contributed by atoms with Gasteiger partial charge in [-0.05, 0) is 50.1 Å². The van der Waals surface area contributed by atoms with E-state index in [-0.39, 0.29) is 6.10 Å². The molecule has 94 valence electrons. The zero-order chi connectivity index (χ0) is 11.9. The third-order valence-electron chi connectivity index (χ3n) is 3.43. The van der Waals surface area contributed by atoms with Gasteiger partial charge in [-0.3, -0.25) is 0 Å². The second kappa shape index (κ2) is 6.77. The third kappa shape index (κ3) is 4.88. The van der Waals surface area contributed by atoms with E-state index in [2.05, 4.69) is 35.6 Å². The molecule has 0 amide bonds. The Kier molecular flexibility index (Phi) is 5.02. The van der Waals surface area contributed by atoms with E-state index in [4.69, 9.17) is 0 Å². The Balaban J connectivity index is 1.46. The number of hydrogen-bond donors (Lipinski definition) is 2. The minimum Gasteiger partial charge on any atom is -0.392 e. The predicted molar refractivity (Wildman–Crippen MR) is 71.0 cm³/mol. The van der Waals surface area contributed by atoms with Crippen LogP contribution in [0.5, 0.6) is 0 Å². The quantitative estimate of drug-likeness (QED) is 0.676. The Labute approximate surface area is 104 Å². The number of nitrogens with one attached hydrogen (secondary N) is 1. The van der Waals surface area contributed by atoms with E-state index in [0.717, 1.165) is 19.5 Å². The molecule has 0 spiro atoms. The van der Waals surface area contributed by atoms with E-state index in [1.807, 2.05) is 0 Å². The van der Waals surface area contributed by atoms with E-state index in [1.165, 1.54) is 31.2 Å². The standard InChI is InChI=1S/C15H23NO/c17-15(14-9-10-14)12-16-11-5-4-8-13-6-2-1-3-7-13/h1-3,6-7,14-17H,4-5,8-12H2. The number of benzene rings is 1. The summed E-state index contributed by atoms with van der Waals surface area (Å²) in [5.41, 5.74) is 1.42. The van der Waals surface area contributed by atoms with Crippen molar-refractivity contribution in [3.63, 3.8) is 0 Å². The molecule has 0 radical (unpaired) electrons. The van der Waals surface area contributed by atoms with Crippen LogP contribution in [0.2, 0.25) is 0 Å². The molecule has 0 aliphatic heterocycles. The van der Waals surface area contributed by atoms with Crippen molar-refractivity contribution in [2.45, 2.75) is 38.2 Å². The molecule has 0 aromatic heterocycles. The summed E-state index contributed by atoms with van der Waals surface area (Å²) >= 11 is 0. The summed E-state index contributed by atoms with van der Waals surface area (Å²) in [4.78, 5) is 0. The Morgan fingerprint density at radius 2 is 1.94 bits per heavy atom. The average Bonchev–Trinajstić information content (AvgIpc) is 3.19. The molecule has 1 saturated carbocycles. The maximum atomic E-state index is 9.66. The molecule has 1 unspecified atom stereocenters. The van der Waals surface area contributed by atoms with Gasteiger partial charge in [0.15, 0.2) is 0 Å². The first-order valence-corrected chi connectivity index (χ1v) is 6.79. The van der Waals surface area contributed by atoms with Crippen molar-refractivity contribution in [2.75, 3.05) is 13.1 Å². The third-order valence-corrected chi connectivity index (χ3v) is 3.43. The topological polar surface area (TPSA) is 32.3 Å². The van der Waals surface area contributed by atoms with E-state index in [1.54, 1.807) is 0 Å². The largest absolute Gasteiger partial charge is 0.392 e. The Morgan fingerprint density at radius 3 is 2.65 bits per heavy atom. The first-order valence-electron chi connectivity index (χ1n) is 6.79. The van der Waals surface area contributed by atoms with Crippen LogP contribution in [-0.2, 0) is 6.42 Å². The lowest BCUT2D eigenvalue weighted by molar-refractivity contribution is 0.149. The van der Waals surface area contributed by atoms with Gasteiger partial charge in [0.1, 0.15) is 0 Å². The minimum absolute atomic E-state index is 0.107. The van der Waals surface area contributed by atoms with Crippen molar-refractivity contribution >= 4 is 0 Å². The fraction of sp³-hybridized carbons (Fsp3) is 0.600. The molecule has 1 aromatic rings. The van der Waals surface area contributed by atoms with Gasteiger partial charge in [0.05, 0.1) is 6.10 Å². The normalized spacial score (nSPS) is 17.0. The van der Waals surface area contributed by atoms with Crippen molar-refractivity contribution in [1.82, 2.24) is 5.32 Å². The number of rotatable bonds is 8. The Hall–Kier alpha value is -0.860. The molecule has 2 rings (SSSR count). The van der Waals surface area contributed by atoms with Gasteiger partial charge in [0, 0.05) is 6.54 Å². The number of aliphatic hydroxyl groups is 1. The van der Waals surface area contributed by atoms with Crippen molar-refractivity contribution in [1.29, 1.82) is 0 Å². The van der Waals surface area contributed by atoms with E-state index >= 15 is 0 Å². The number of aliphatic hydroxyl groups excluding tert-OH is 1. The van der Waals surface area contributed by atoms with Crippen molar-refractivity contribution in [3.05, 3.63) is 35.9 Å². The van der Waals surface area contributed by atoms with Crippen molar-refractivity contribution in [2.24, 2.45) is 5.92 Å². The van der Waals surface area contributed by atoms with E-state index in [9.17, 15) is 5.11 Å². The van der Waals surface area contributed by atoms with E-state index < -0.39 is 0 Å². The molecule has 1 aliphatic carbocycles. The maximum Gasteiger partial charge on any atom is 0.0692 e. The molecule has 1 aliphatic rings. The van der Waals surface area contributed by atoms with Gasteiger partial charge in [0.2, 0.25) is 0 Å². The summed E-state index contributed by atoms with van der Waals surface area (Å²) in [5.74, 6) is 0.590. The van der Waals surface area contributed by atoms with Crippen LogP contribution in [-0.4, -0.2) is 24.3 Å². The molecule has 1 atom stereocenters. The zero-order valence-corrected chi connectivity index (χ0v) is 10.4. The van der Waals surface area contributed by atoms with Gasteiger partial charge in [-0.15, -0.1) is 0 Å². The van der Waals surface area contributed by atoms with Crippen LogP contribution < -0.4 is 5.32 Å². The molecule has 17 heavy (non-hydrogen) atoms. The molecule has 2 heteroatoms.